The van der Waals surface area contributed by atoms with Crippen molar-refractivity contribution in [3.63, 3.8) is 0 Å². The number of rotatable bonds is 5. The van der Waals surface area contributed by atoms with Crippen molar-refractivity contribution in [1.82, 2.24) is 14.5 Å². The fraction of sp³-hybridized carbons (Fsp3) is 0.391. The number of carbonyl (C=O) groups excluding carboxylic acids is 1. The van der Waals surface area contributed by atoms with Gasteiger partial charge in [0.05, 0.1) is 4.90 Å². The minimum absolute atomic E-state index is 0.127. The van der Waals surface area contributed by atoms with Crippen LogP contribution in [0.1, 0.15) is 25.0 Å². The Morgan fingerprint density at radius 3 is 2.48 bits per heavy atom. The molecule has 1 fully saturated rings. The van der Waals surface area contributed by atoms with Crippen molar-refractivity contribution < 1.29 is 17.6 Å². The van der Waals surface area contributed by atoms with Crippen LogP contribution in [0.15, 0.2) is 52.4 Å². The average molecular weight is 493 g/mol. The molecule has 2 aliphatic rings. The molecule has 33 heavy (non-hydrogen) atoms. The van der Waals surface area contributed by atoms with Gasteiger partial charge in [0.2, 0.25) is 5.91 Å². The molecule has 1 N–H and O–H groups in total. The lowest BCUT2D eigenvalue weighted by Gasteiger charge is -2.36. The van der Waals surface area contributed by atoms with Gasteiger partial charge in [0.25, 0.3) is 10.0 Å². The third kappa shape index (κ3) is 4.90. The van der Waals surface area contributed by atoms with Crippen LogP contribution in [0.3, 0.4) is 0 Å². The molecule has 2 aromatic rings. The first-order valence-electron chi connectivity index (χ1n) is 10.8. The zero-order valence-electron chi connectivity index (χ0n) is 18.5. The van der Waals surface area contributed by atoms with Crippen LogP contribution in [0.5, 0.6) is 0 Å². The van der Waals surface area contributed by atoms with E-state index in [-0.39, 0.29) is 28.4 Å². The maximum atomic E-state index is 14.1. The minimum Gasteiger partial charge on any atom is -0.338 e. The molecule has 0 aromatic heterocycles. The van der Waals surface area contributed by atoms with Crippen molar-refractivity contribution in [3.05, 3.63) is 64.4 Å². The number of nitrogens with one attached hydrogen (secondary N) is 1. The molecule has 7 nitrogen and oxygen atoms in total. The highest BCUT2D eigenvalue weighted by atomic mass is 35.5. The van der Waals surface area contributed by atoms with Gasteiger partial charge in [-0.1, -0.05) is 43.6 Å². The molecular weight excluding hydrogens is 467 g/mol. The van der Waals surface area contributed by atoms with Crippen molar-refractivity contribution in [2.75, 3.05) is 26.2 Å². The number of hydrogen-bond acceptors (Lipinski definition) is 5. The van der Waals surface area contributed by atoms with Crippen LogP contribution in [0.4, 0.5) is 4.39 Å². The van der Waals surface area contributed by atoms with Crippen molar-refractivity contribution in [2.24, 2.45) is 10.9 Å². The number of sulfonamides is 1. The Labute approximate surface area is 198 Å². The highest BCUT2D eigenvalue weighted by Crippen LogP contribution is 2.25. The number of carbonyl (C=O) groups is 1. The molecule has 2 heterocycles. The fourth-order valence-corrected chi connectivity index (χ4v) is 5.54. The first kappa shape index (κ1) is 23.7. The van der Waals surface area contributed by atoms with E-state index in [1.165, 1.54) is 12.1 Å². The van der Waals surface area contributed by atoms with E-state index in [1.54, 1.807) is 35.2 Å². The Hall–Kier alpha value is -2.49. The molecule has 0 bridgehead atoms. The molecule has 4 rings (SSSR count). The quantitative estimate of drug-likeness (QED) is 0.695. The van der Waals surface area contributed by atoms with Gasteiger partial charge in [-0.05, 0) is 30.2 Å². The highest BCUT2D eigenvalue weighted by Gasteiger charge is 2.34. The van der Waals surface area contributed by atoms with Gasteiger partial charge in [0.15, 0.2) is 0 Å². The first-order valence-corrected chi connectivity index (χ1v) is 12.7. The summed E-state index contributed by atoms with van der Waals surface area (Å²) in [7, 11) is -3.67. The number of amides is 1. The van der Waals surface area contributed by atoms with Gasteiger partial charge < -0.3 is 4.90 Å². The summed E-state index contributed by atoms with van der Waals surface area (Å²) < 4.78 is 41.4. The molecule has 10 heteroatoms. The first-order chi connectivity index (χ1) is 15.7. The molecule has 0 radical (unpaired) electrons. The Balaban J connectivity index is 1.47. The summed E-state index contributed by atoms with van der Waals surface area (Å²) in [6.45, 7) is 6.25. The molecule has 2 aliphatic heterocycles. The molecule has 1 saturated heterocycles. The Morgan fingerprint density at radius 2 is 1.82 bits per heavy atom. The Morgan fingerprint density at radius 1 is 1.12 bits per heavy atom. The predicted octanol–water partition coefficient (Wildman–Crippen LogP) is 2.89. The number of amidine groups is 1. The second-order valence-electron chi connectivity index (χ2n) is 8.57. The second-order valence-corrected chi connectivity index (χ2v) is 10.6. The highest BCUT2D eigenvalue weighted by molar-refractivity contribution is 7.90. The number of aliphatic imine (C=N–C) groups is 1. The van der Waals surface area contributed by atoms with Gasteiger partial charge in [-0.3, -0.25) is 19.4 Å². The van der Waals surface area contributed by atoms with Gasteiger partial charge in [-0.15, -0.1) is 0 Å². The fourth-order valence-electron chi connectivity index (χ4n) is 4.08. The number of halogens is 2. The second kappa shape index (κ2) is 9.40. The van der Waals surface area contributed by atoms with E-state index >= 15 is 0 Å². The van der Waals surface area contributed by atoms with Crippen LogP contribution in [-0.2, 0) is 21.4 Å². The summed E-state index contributed by atoms with van der Waals surface area (Å²) >= 11 is 6.15. The molecule has 0 unspecified atom stereocenters. The van der Waals surface area contributed by atoms with E-state index in [4.69, 9.17) is 11.6 Å². The maximum absolute atomic E-state index is 14.1. The molecule has 0 spiro atoms. The van der Waals surface area contributed by atoms with Gasteiger partial charge >= 0.3 is 0 Å². The van der Waals surface area contributed by atoms with Crippen LogP contribution in [0.2, 0.25) is 5.02 Å². The van der Waals surface area contributed by atoms with Crippen molar-refractivity contribution in [1.29, 1.82) is 0 Å². The van der Waals surface area contributed by atoms with E-state index in [9.17, 15) is 17.6 Å². The SMILES string of the molecule is CC(C)[C@H](N=C1NS(=O)(=O)c2ccccc21)C(=O)N1CCN(Cc2c(F)cccc2Cl)CC1. The Kier molecular flexibility index (Phi) is 6.74. The van der Waals surface area contributed by atoms with Crippen LogP contribution in [-0.4, -0.2) is 62.2 Å². The molecule has 1 atom stereocenters. The molecule has 0 saturated carbocycles. The third-order valence-corrected chi connectivity index (χ3v) is 7.69. The zero-order chi connectivity index (χ0) is 23.8. The topological polar surface area (TPSA) is 82.1 Å². The van der Waals surface area contributed by atoms with E-state index in [0.29, 0.717) is 48.9 Å². The smallest absolute Gasteiger partial charge is 0.263 e. The molecule has 1 amide bonds. The summed E-state index contributed by atoms with van der Waals surface area (Å²) in [4.78, 5) is 21.8. The molecule has 2 aromatic carbocycles. The van der Waals surface area contributed by atoms with E-state index in [1.807, 2.05) is 13.8 Å². The lowest BCUT2D eigenvalue weighted by Crippen LogP contribution is -2.52. The van der Waals surface area contributed by atoms with Crippen molar-refractivity contribution >= 4 is 33.4 Å². The largest absolute Gasteiger partial charge is 0.338 e. The normalized spacial score (nSPS) is 20.0. The summed E-state index contributed by atoms with van der Waals surface area (Å²) in [6.07, 6.45) is 0. The summed E-state index contributed by atoms with van der Waals surface area (Å²) in [5.41, 5.74) is 0.931. The summed E-state index contributed by atoms with van der Waals surface area (Å²) in [5, 5.41) is 0.392. The number of piperazine rings is 1. The lowest BCUT2D eigenvalue weighted by molar-refractivity contribution is -0.135. The third-order valence-electron chi connectivity index (χ3n) is 5.94. The van der Waals surface area contributed by atoms with Crippen LogP contribution in [0, 0.1) is 11.7 Å². The number of nitrogens with zero attached hydrogens (tertiary/aromatic N) is 3. The van der Waals surface area contributed by atoms with Crippen molar-refractivity contribution in [3.8, 4) is 0 Å². The Bertz CT molecular complexity index is 1170. The van der Waals surface area contributed by atoms with Gasteiger partial charge in [-0.25, -0.2) is 12.8 Å². The number of hydrogen-bond donors (Lipinski definition) is 1. The zero-order valence-corrected chi connectivity index (χ0v) is 20.0. The standard InChI is InChI=1S/C23H26ClFN4O3S/c1-15(2)21(26-22-16-6-3-4-9-20(16)33(31,32)27-22)23(30)29-12-10-28(11-13-29)14-17-18(24)7-5-8-19(17)25/h3-9,15,21H,10-14H2,1-2H3,(H,26,27)/t21-/m0/s1. The molecular formula is C23H26ClFN4O3S. The van der Waals surface area contributed by atoms with Gasteiger partial charge in [0, 0.05) is 48.9 Å². The van der Waals surface area contributed by atoms with E-state index in [0.717, 1.165) is 0 Å². The van der Waals surface area contributed by atoms with Gasteiger partial charge in [-0.2, -0.15) is 0 Å². The maximum Gasteiger partial charge on any atom is 0.263 e. The predicted molar refractivity (Wildman–Crippen MR) is 125 cm³/mol. The summed E-state index contributed by atoms with van der Waals surface area (Å²) in [6, 6.07) is 10.5. The molecule has 176 valence electrons. The minimum atomic E-state index is -3.67. The van der Waals surface area contributed by atoms with Crippen LogP contribution < -0.4 is 4.72 Å². The average Bonchev–Trinajstić information content (AvgIpc) is 3.04. The van der Waals surface area contributed by atoms with E-state index < -0.39 is 16.1 Å². The van der Waals surface area contributed by atoms with Crippen LogP contribution in [0.25, 0.3) is 0 Å². The van der Waals surface area contributed by atoms with Crippen molar-refractivity contribution in [2.45, 2.75) is 31.3 Å². The monoisotopic (exact) mass is 492 g/mol. The number of fused-ring (bicyclic) bond motifs is 1. The lowest BCUT2D eigenvalue weighted by atomic mass is 10.0. The summed E-state index contributed by atoms with van der Waals surface area (Å²) in [5.74, 6) is -0.413. The number of benzene rings is 2. The van der Waals surface area contributed by atoms with Crippen LogP contribution >= 0.6 is 11.6 Å². The molecule has 0 aliphatic carbocycles. The van der Waals surface area contributed by atoms with Gasteiger partial charge in [0.1, 0.15) is 17.7 Å². The van der Waals surface area contributed by atoms with E-state index in [2.05, 4.69) is 14.6 Å².